The van der Waals surface area contributed by atoms with Gasteiger partial charge in [-0.15, -0.1) is 11.3 Å². The molecule has 0 N–H and O–H groups in total. The number of fused-ring (bicyclic) bond motifs is 1. The van der Waals surface area contributed by atoms with Gasteiger partial charge < -0.3 is 9.64 Å². The quantitative estimate of drug-likeness (QED) is 0.411. The molecule has 1 saturated heterocycles. The van der Waals surface area contributed by atoms with Crippen LogP contribution in [0, 0.1) is 0 Å². The average Bonchev–Trinajstić information content (AvgIpc) is 3.49. The number of carbonyl (C=O) groups excluding carboxylic acids is 1. The summed E-state index contributed by atoms with van der Waals surface area (Å²) in [7, 11) is 0. The first-order valence-corrected chi connectivity index (χ1v) is 11.1. The van der Waals surface area contributed by atoms with E-state index in [9.17, 15) is 4.79 Å². The summed E-state index contributed by atoms with van der Waals surface area (Å²) in [5.74, 6) is 0.749. The Labute approximate surface area is 179 Å². The van der Waals surface area contributed by atoms with Gasteiger partial charge in [-0.2, -0.15) is 0 Å². The highest BCUT2D eigenvalue weighted by atomic mass is 32.1. The molecule has 2 heterocycles. The zero-order valence-corrected chi connectivity index (χ0v) is 17.3. The first-order valence-electron chi connectivity index (χ1n) is 10.2. The molecule has 4 aromatic rings. The Morgan fingerprint density at radius 2 is 1.97 bits per heavy atom. The Balaban J connectivity index is 1.39. The van der Waals surface area contributed by atoms with E-state index in [0.29, 0.717) is 17.9 Å². The number of carbonyl (C=O) groups is 1. The van der Waals surface area contributed by atoms with Crippen LogP contribution in [-0.4, -0.2) is 22.3 Å². The van der Waals surface area contributed by atoms with Crippen LogP contribution in [0.5, 0.6) is 5.75 Å². The number of ether oxygens (including phenoxy) is 1. The lowest BCUT2D eigenvalue weighted by atomic mass is 9.97. The van der Waals surface area contributed by atoms with Crippen LogP contribution < -0.4 is 4.74 Å². The lowest BCUT2D eigenvalue weighted by Gasteiger charge is -2.26. The molecule has 1 amide bonds. The first-order chi connectivity index (χ1) is 14.8. The van der Waals surface area contributed by atoms with E-state index in [0.717, 1.165) is 25.1 Å². The largest absolute Gasteiger partial charge is 0.487 e. The Morgan fingerprint density at radius 1 is 1.10 bits per heavy atom. The summed E-state index contributed by atoms with van der Waals surface area (Å²) < 4.78 is 5.85. The number of hydrogen-bond donors (Lipinski definition) is 0. The summed E-state index contributed by atoms with van der Waals surface area (Å²) in [6.45, 7) is 1.18. The van der Waals surface area contributed by atoms with Crippen LogP contribution in [0.4, 0.5) is 0 Å². The van der Waals surface area contributed by atoms with E-state index >= 15 is 0 Å². The summed E-state index contributed by atoms with van der Waals surface area (Å²) in [5.41, 5.74) is 4.58. The van der Waals surface area contributed by atoms with Crippen LogP contribution in [0.15, 0.2) is 77.6 Å². The molecule has 1 fully saturated rings. The van der Waals surface area contributed by atoms with Crippen molar-refractivity contribution in [2.24, 2.45) is 0 Å². The molecular weight excluding hydrogens is 392 g/mol. The predicted molar refractivity (Wildman–Crippen MR) is 120 cm³/mol. The van der Waals surface area contributed by atoms with E-state index < -0.39 is 0 Å². The third-order valence-electron chi connectivity index (χ3n) is 5.65. The normalized spacial score (nSPS) is 16.1. The second-order valence-electron chi connectivity index (χ2n) is 7.52. The maximum Gasteiger partial charge on any atom is 0.254 e. The van der Waals surface area contributed by atoms with Crippen molar-refractivity contribution >= 4 is 28.0 Å². The van der Waals surface area contributed by atoms with E-state index in [1.807, 2.05) is 34.5 Å². The van der Waals surface area contributed by atoms with Gasteiger partial charge in [0.1, 0.15) is 12.4 Å². The smallest absolute Gasteiger partial charge is 0.254 e. The van der Waals surface area contributed by atoms with E-state index in [2.05, 4.69) is 47.4 Å². The molecule has 1 aliphatic heterocycles. The van der Waals surface area contributed by atoms with E-state index in [-0.39, 0.29) is 11.9 Å². The summed E-state index contributed by atoms with van der Waals surface area (Å²) in [4.78, 5) is 19.7. The molecule has 150 valence electrons. The molecule has 30 heavy (non-hydrogen) atoms. The van der Waals surface area contributed by atoms with Gasteiger partial charge in [-0.25, -0.2) is 4.98 Å². The van der Waals surface area contributed by atoms with Crippen LogP contribution in [0.25, 0.3) is 10.8 Å². The lowest BCUT2D eigenvalue weighted by Crippen LogP contribution is -2.30. The fraction of sp³-hybridized carbons (Fsp3) is 0.200. The minimum absolute atomic E-state index is 0.0598. The number of aromatic nitrogens is 1. The molecule has 1 aliphatic rings. The molecule has 0 spiro atoms. The van der Waals surface area contributed by atoms with Crippen molar-refractivity contribution in [3.8, 4) is 5.75 Å². The SMILES string of the molecule is O=C(c1cccc(OCc2cscn2)c1)N1CCCC1c1cccc2ccccc12. The van der Waals surface area contributed by atoms with Crippen LogP contribution in [0.3, 0.4) is 0 Å². The molecule has 1 unspecified atom stereocenters. The molecular formula is C25H22N2O2S. The van der Waals surface area contributed by atoms with E-state index in [1.165, 1.54) is 16.3 Å². The maximum absolute atomic E-state index is 13.4. The number of benzene rings is 3. The fourth-order valence-corrected chi connectivity index (χ4v) is 4.77. The maximum atomic E-state index is 13.4. The second kappa shape index (κ2) is 8.28. The molecule has 5 rings (SSSR count). The summed E-state index contributed by atoms with van der Waals surface area (Å²) in [5, 5.41) is 4.41. The van der Waals surface area contributed by atoms with E-state index in [1.54, 1.807) is 16.8 Å². The fourth-order valence-electron chi connectivity index (χ4n) is 4.22. The second-order valence-corrected chi connectivity index (χ2v) is 8.24. The number of likely N-dealkylation sites (tertiary alicyclic amines) is 1. The molecule has 4 nitrogen and oxygen atoms in total. The average molecular weight is 415 g/mol. The van der Waals surface area contributed by atoms with E-state index in [4.69, 9.17) is 4.74 Å². The third kappa shape index (κ3) is 3.68. The molecule has 5 heteroatoms. The summed E-state index contributed by atoms with van der Waals surface area (Å²) in [6, 6.07) is 22.4. The van der Waals surface area contributed by atoms with Crippen LogP contribution in [0.1, 0.15) is 40.5 Å². The van der Waals surface area contributed by atoms with Crippen molar-refractivity contribution < 1.29 is 9.53 Å². The summed E-state index contributed by atoms with van der Waals surface area (Å²) in [6.07, 6.45) is 2.00. The van der Waals surface area contributed by atoms with Crippen LogP contribution in [0.2, 0.25) is 0 Å². The molecule has 1 aromatic heterocycles. The Kier molecular flexibility index (Phi) is 5.20. The van der Waals surface area contributed by atoms with Crippen molar-refractivity contribution in [2.75, 3.05) is 6.54 Å². The van der Waals surface area contributed by atoms with Gasteiger partial charge in [-0.05, 0) is 47.4 Å². The Bertz CT molecular complexity index is 1170. The van der Waals surface area contributed by atoms with Gasteiger partial charge in [0.25, 0.3) is 5.91 Å². The van der Waals surface area contributed by atoms with Crippen molar-refractivity contribution in [1.82, 2.24) is 9.88 Å². The monoisotopic (exact) mass is 414 g/mol. The minimum Gasteiger partial charge on any atom is -0.487 e. The molecule has 1 atom stereocenters. The zero-order valence-electron chi connectivity index (χ0n) is 16.5. The van der Waals surface area contributed by atoms with Gasteiger partial charge in [0.2, 0.25) is 0 Å². The highest BCUT2D eigenvalue weighted by Crippen LogP contribution is 2.37. The topological polar surface area (TPSA) is 42.4 Å². The Hall–Kier alpha value is -3.18. The number of thiazole rings is 1. The number of amides is 1. The van der Waals surface area contributed by atoms with Gasteiger partial charge in [0.05, 0.1) is 17.2 Å². The number of hydrogen-bond acceptors (Lipinski definition) is 4. The highest BCUT2D eigenvalue weighted by Gasteiger charge is 2.31. The molecule has 0 saturated carbocycles. The van der Waals surface area contributed by atoms with Crippen molar-refractivity contribution in [1.29, 1.82) is 0 Å². The first kappa shape index (κ1) is 18.8. The standard InChI is InChI=1S/C25H22N2O2S/c28-25(19-8-3-9-21(14-19)29-15-20-16-30-17-26-20)27-13-5-12-24(27)23-11-4-7-18-6-1-2-10-22(18)23/h1-4,6-11,14,16-17,24H,5,12-13,15H2. The van der Waals surface area contributed by atoms with Crippen LogP contribution >= 0.6 is 11.3 Å². The molecule has 3 aromatic carbocycles. The number of rotatable bonds is 5. The van der Waals surface area contributed by atoms with Crippen LogP contribution in [-0.2, 0) is 6.61 Å². The van der Waals surface area contributed by atoms with Crippen molar-refractivity contribution in [2.45, 2.75) is 25.5 Å². The van der Waals surface area contributed by atoms with Gasteiger partial charge in [-0.1, -0.05) is 48.5 Å². The van der Waals surface area contributed by atoms with Gasteiger partial charge in [0.15, 0.2) is 0 Å². The van der Waals surface area contributed by atoms with Gasteiger partial charge in [0, 0.05) is 17.5 Å². The minimum atomic E-state index is 0.0598. The van der Waals surface area contributed by atoms with Crippen molar-refractivity contribution in [3.63, 3.8) is 0 Å². The zero-order chi connectivity index (χ0) is 20.3. The highest BCUT2D eigenvalue weighted by molar-refractivity contribution is 7.07. The lowest BCUT2D eigenvalue weighted by molar-refractivity contribution is 0.0736. The Morgan fingerprint density at radius 3 is 2.87 bits per heavy atom. The van der Waals surface area contributed by atoms with Crippen molar-refractivity contribution in [3.05, 3.63) is 94.4 Å². The van der Waals surface area contributed by atoms with Gasteiger partial charge >= 0.3 is 0 Å². The third-order valence-corrected chi connectivity index (χ3v) is 6.28. The number of nitrogens with zero attached hydrogens (tertiary/aromatic N) is 2. The molecule has 0 aliphatic carbocycles. The molecule has 0 bridgehead atoms. The summed E-state index contributed by atoms with van der Waals surface area (Å²) >= 11 is 1.55. The van der Waals surface area contributed by atoms with Gasteiger partial charge in [-0.3, -0.25) is 4.79 Å². The molecule has 0 radical (unpaired) electrons. The predicted octanol–water partition coefficient (Wildman–Crippen LogP) is 5.85.